The Morgan fingerprint density at radius 2 is 1.87 bits per heavy atom. The topological polar surface area (TPSA) is 12.4 Å². The molecule has 0 fully saturated rings. The zero-order chi connectivity index (χ0) is 10.7. The van der Waals surface area contributed by atoms with Gasteiger partial charge >= 0.3 is 0 Å². The molecule has 0 unspecified atom stereocenters. The van der Waals surface area contributed by atoms with E-state index < -0.39 is 0 Å². The molecule has 15 heavy (non-hydrogen) atoms. The third-order valence-electron chi connectivity index (χ3n) is 1.78. The molecule has 1 nitrogen and oxygen atoms in total. The number of rotatable bonds is 2. The second kappa shape index (κ2) is 4.79. The Morgan fingerprint density at radius 1 is 1.13 bits per heavy atom. The van der Waals surface area contributed by atoms with E-state index in [1.165, 1.54) is 0 Å². The van der Waals surface area contributed by atoms with Gasteiger partial charge in [-0.1, -0.05) is 29.3 Å². The van der Waals surface area contributed by atoms with Gasteiger partial charge in [0.15, 0.2) is 0 Å². The summed E-state index contributed by atoms with van der Waals surface area (Å²) in [5, 5.41) is 3.17. The highest BCUT2D eigenvalue weighted by atomic mass is 35.5. The summed E-state index contributed by atoms with van der Waals surface area (Å²) in [6.07, 6.45) is 0. The van der Waals surface area contributed by atoms with Crippen LogP contribution in [0.4, 0.5) is 5.69 Å². The average molecular weight is 256 g/mol. The van der Waals surface area contributed by atoms with E-state index in [0.29, 0.717) is 10.2 Å². The van der Waals surface area contributed by atoms with Crippen LogP contribution in [0, 0.1) is 0 Å². The number of hydrogen-bond acceptors (Lipinski definition) is 2. The lowest BCUT2D eigenvalue weighted by atomic mass is 10.3. The van der Waals surface area contributed by atoms with E-state index >= 15 is 0 Å². The van der Waals surface area contributed by atoms with Gasteiger partial charge in [-0.15, -0.1) is 11.3 Å². The molecule has 0 atom stereocenters. The molecule has 0 saturated heterocycles. The first-order valence-corrected chi connectivity index (χ1v) is 5.93. The summed E-state index contributed by atoms with van der Waals surface area (Å²) in [6, 6.07) is 11.1. The van der Waals surface area contributed by atoms with E-state index in [1.807, 2.05) is 29.6 Å². The molecule has 0 aliphatic rings. The summed E-state index contributed by atoms with van der Waals surface area (Å²) < 4.78 is 0. The van der Waals surface area contributed by atoms with E-state index in [2.05, 4.69) is 4.99 Å². The van der Waals surface area contributed by atoms with E-state index in [-0.39, 0.29) is 0 Å². The van der Waals surface area contributed by atoms with Crippen molar-refractivity contribution in [2.45, 2.75) is 0 Å². The molecule has 0 saturated carbocycles. The van der Waals surface area contributed by atoms with E-state index in [4.69, 9.17) is 23.2 Å². The average Bonchev–Trinajstić information content (AvgIpc) is 2.74. The monoisotopic (exact) mass is 255 g/mol. The fourth-order valence-corrected chi connectivity index (χ4v) is 2.10. The van der Waals surface area contributed by atoms with Crippen molar-refractivity contribution in [3.63, 3.8) is 0 Å². The fourth-order valence-electron chi connectivity index (χ4n) is 1.08. The van der Waals surface area contributed by atoms with Crippen LogP contribution in [0.3, 0.4) is 0 Å². The van der Waals surface area contributed by atoms with Crippen LogP contribution in [0.25, 0.3) is 0 Å². The highest BCUT2D eigenvalue weighted by Gasteiger charge is 2.00. The van der Waals surface area contributed by atoms with Gasteiger partial charge < -0.3 is 0 Å². The van der Waals surface area contributed by atoms with Crippen molar-refractivity contribution in [3.05, 3.63) is 51.7 Å². The van der Waals surface area contributed by atoms with Crippen LogP contribution < -0.4 is 0 Å². The highest BCUT2D eigenvalue weighted by Crippen LogP contribution is 2.20. The molecule has 1 aromatic carbocycles. The van der Waals surface area contributed by atoms with Gasteiger partial charge in [0, 0.05) is 5.02 Å². The van der Waals surface area contributed by atoms with Crippen LogP contribution in [-0.4, -0.2) is 5.17 Å². The van der Waals surface area contributed by atoms with Gasteiger partial charge in [0.2, 0.25) is 0 Å². The van der Waals surface area contributed by atoms with Crippen molar-refractivity contribution in [3.8, 4) is 0 Å². The van der Waals surface area contributed by atoms with Crippen molar-refractivity contribution in [1.82, 2.24) is 0 Å². The van der Waals surface area contributed by atoms with Gasteiger partial charge in [0.1, 0.15) is 5.17 Å². The molecule has 0 aliphatic carbocycles. The number of nitrogens with zero attached hydrogens (tertiary/aromatic N) is 1. The second-order valence-corrected chi connectivity index (χ2v) is 4.60. The number of halogens is 2. The van der Waals surface area contributed by atoms with E-state index in [0.717, 1.165) is 10.6 Å². The number of hydrogen-bond donors (Lipinski definition) is 0. The molecule has 1 aromatic heterocycles. The summed E-state index contributed by atoms with van der Waals surface area (Å²) in [5.41, 5.74) is 0.804. The fraction of sp³-hybridized carbons (Fsp3) is 0. The van der Waals surface area contributed by atoms with Gasteiger partial charge in [-0.25, -0.2) is 4.99 Å². The molecule has 76 valence electrons. The molecule has 0 amide bonds. The number of aliphatic imine (C=N–C) groups is 1. The van der Waals surface area contributed by atoms with Crippen molar-refractivity contribution in [2.24, 2.45) is 4.99 Å². The first-order chi connectivity index (χ1) is 7.25. The minimum atomic E-state index is 0.507. The molecule has 1 heterocycles. The maximum atomic E-state index is 6.05. The van der Waals surface area contributed by atoms with Crippen LogP contribution in [0.1, 0.15) is 4.88 Å². The van der Waals surface area contributed by atoms with Crippen LogP contribution >= 0.6 is 34.5 Å². The van der Waals surface area contributed by atoms with Crippen molar-refractivity contribution >= 4 is 45.4 Å². The van der Waals surface area contributed by atoms with Gasteiger partial charge in [-0.3, -0.25) is 0 Å². The summed E-state index contributed by atoms with van der Waals surface area (Å²) in [6.45, 7) is 0. The normalized spacial score (nSPS) is 11.7. The van der Waals surface area contributed by atoms with Crippen LogP contribution in [0.15, 0.2) is 46.8 Å². The minimum Gasteiger partial charge on any atom is -0.235 e. The summed E-state index contributed by atoms with van der Waals surface area (Å²) in [7, 11) is 0. The summed E-state index contributed by atoms with van der Waals surface area (Å²) >= 11 is 13.4. The summed E-state index contributed by atoms with van der Waals surface area (Å²) in [5.74, 6) is 0. The Morgan fingerprint density at radius 3 is 2.47 bits per heavy atom. The maximum absolute atomic E-state index is 6.05. The Bertz CT molecular complexity index is 460. The predicted octanol–water partition coefficient (Wildman–Crippen LogP) is 4.72. The Balaban J connectivity index is 2.27. The van der Waals surface area contributed by atoms with Crippen LogP contribution in [0.5, 0.6) is 0 Å². The molecule has 0 N–H and O–H groups in total. The summed E-state index contributed by atoms with van der Waals surface area (Å²) in [4.78, 5) is 5.24. The third kappa shape index (κ3) is 2.81. The lowest BCUT2D eigenvalue weighted by molar-refractivity contribution is 1.53. The molecule has 4 heteroatoms. The van der Waals surface area contributed by atoms with Crippen molar-refractivity contribution in [1.29, 1.82) is 0 Å². The number of benzene rings is 1. The maximum Gasteiger partial charge on any atom is 0.146 e. The Labute approximate surface area is 102 Å². The number of thiophene rings is 1. The van der Waals surface area contributed by atoms with E-state index in [1.54, 1.807) is 23.5 Å². The molecule has 2 rings (SSSR count). The van der Waals surface area contributed by atoms with Gasteiger partial charge in [-0.05, 0) is 35.7 Å². The first kappa shape index (κ1) is 10.7. The van der Waals surface area contributed by atoms with Gasteiger partial charge in [0.25, 0.3) is 0 Å². The lowest BCUT2D eigenvalue weighted by Gasteiger charge is -1.95. The smallest absolute Gasteiger partial charge is 0.146 e. The molecule has 0 radical (unpaired) electrons. The Kier molecular flexibility index (Phi) is 3.41. The van der Waals surface area contributed by atoms with Gasteiger partial charge in [-0.2, -0.15) is 0 Å². The zero-order valence-electron chi connectivity index (χ0n) is 7.65. The predicted molar refractivity (Wildman–Crippen MR) is 67.8 cm³/mol. The molecular weight excluding hydrogens is 249 g/mol. The van der Waals surface area contributed by atoms with Crippen molar-refractivity contribution in [2.75, 3.05) is 0 Å². The van der Waals surface area contributed by atoms with Crippen LogP contribution in [0.2, 0.25) is 5.02 Å². The highest BCUT2D eigenvalue weighted by molar-refractivity contribution is 7.14. The first-order valence-electron chi connectivity index (χ1n) is 4.29. The second-order valence-electron chi connectivity index (χ2n) is 2.86. The molecule has 0 aliphatic heterocycles. The molecular formula is C11H7Cl2NS. The van der Waals surface area contributed by atoms with E-state index in [9.17, 15) is 0 Å². The largest absolute Gasteiger partial charge is 0.235 e. The molecule has 0 bridgehead atoms. The van der Waals surface area contributed by atoms with Crippen LogP contribution in [-0.2, 0) is 0 Å². The quantitative estimate of drug-likeness (QED) is 0.689. The minimum absolute atomic E-state index is 0.507. The standard InChI is InChI=1S/C11H7Cl2NS/c12-8-3-5-9(6-4-8)14-11(13)10-2-1-7-15-10/h1-7H. The van der Waals surface area contributed by atoms with Crippen molar-refractivity contribution < 1.29 is 0 Å². The molecule has 0 spiro atoms. The SMILES string of the molecule is ClC(=Nc1ccc(Cl)cc1)c1cccs1. The third-order valence-corrected chi connectivity index (χ3v) is 3.31. The lowest BCUT2D eigenvalue weighted by Crippen LogP contribution is -1.84. The van der Waals surface area contributed by atoms with Gasteiger partial charge in [0.05, 0.1) is 10.6 Å². The molecule has 2 aromatic rings. The Hall–Kier alpha value is -0.830. The zero-order valence-corrected chi connectivity index (χ0v) is 9.98.